The molecule has 0 saturated carbocycles. The van der Waals surface area contributed by atoms with Crippen LogP contribution in [-0.2, 0) is 0 Å². The van der Waals surface area contributed by atoms with Gasteiger partial charge in [-0.2, -0.15) is 0 Å². The molecular formula is C19H23ClN6O. The van der Waals surface area contributed by atoms with Crippen molar-refractivity contribution < 1.29 is 5.11 Å². The van der Waals surface area contributed by atoms with Gasteiger partial charge in [-0.1, -0.05) is 11.6 Å². The SMILES string of the molecule is N=C(C(=N)N1CCC(CO)CC1)C1CN(c2cnc3ccc(Cl)cc3n2)C1. The molecule has 3 heterocycles. The number of nitrogens with one attached hydrogen (secondary N) is 2. The molecule has 0 atom stereocenters. The summed E-state index contributed by atoms with van der Waals surface area (Å²) in [5.74, 6) is 1.49. The summed E-state index contributed by atoms with van der Waals surface area (Å²) in [6, 6.07) is 5.46. The maximum atomic E-state index is 9.24. The van der Waals surface area contributed by atoms with Crippen LogP contribution in [0.3, 0.4) is 0 Å². The zero-order chi connectivity index (χ0) is 19.0. The van der Waals surface area contributed by atoms with E-state index in [1.807, 2.05) is 11.0 Å². The van der Waals surface area contributed by atoms with Crippen molar-refractivity contribution >= 4 is 40.0 Å². The molecule has 3 N–H and O–H groups in total. The zero-order valence-electron chi connectivity index (χ0n) is 15.0. The molecule has 0 unspecified atom stereocenters. The Hall–Kier alpha value is -2.25. The number of nitrogens with zero attached hydrogens (tertiary/aromatic N) is 4. The van der Waals surface area contributed by atoms with Gasteiger partial charge in [0.1, 0.15) is 11.7 Å². The normalized spacial score (nSPS) is 18.6. The Kier molecular flexibility index (Phi) is 4.97. The Balaban J connectivity index is 1.36. The lowest BCUT2D eigenvalue weighted by Gasteiger charge is -2.42. The Morgan fingerprint density at radius 1 is 1.19 bits per heavy atom. The van der Waals surface area contributed by atoms with E-state index in [0.29, 0.717) is 35.6 Å². The molecule has 8 heteroatoms. The van der Waals surface area contributed by atoms with Crippen LogP contribution < -0.4 is 4.90 Å². The number of anilines is 1. The zero-order valence-corrected chi connectivity index (χ0v) is 15.8. The summed E-state index contributed by atoms with van der Waals surface area (Å²) in [4.78, 5) is 13.1. The summed E-state index contributed by atoms with van der Waals surface area (Å²) in [5.41, 5.74) is 1.96. The van der Waals surface area contributed by atoms with Gasteiger partial charge in [-0.15, -0.1) is 0 Å². The minimum atomic E-state index is 0.0462. The molecule has 0 aliphatic carbocycles. The summed E-state index contributed by atoms with van der Waals surface area (Å²) in [6.07, 6.45) is 3.53. The van der Waals surface area contributed by atoms with E-state index in [2.05, 4.69) is 14.9 Å². The second-order valence-electron chi connectivity index (χ2n) is 7.34. The first-order valence-corrected chi connectivity index (χ1v) is 9.63. The fourth-order valence-electron chi connectivity index (χ4n) is 3.68. The number of amidine groups is 1. The second-order valence-corrected chi connectivity index (χ2v) is 7.77. The average molecular weight is 387 g/mol. The highest BCUT2D eigenvalue weighted by molar-refractivity contribution is 6.40. The summed E-state index contributed by atoms with van der Waals surface area (Å²) in [5, 5.41) is 26.6. The quantitative estimate of drug-likeness (QED) is 0.553. The van der Waals surface area contributed by atoms with Crippen LogP contribution in [0.1, 0.15) is 12.8 Å². The first kappa shape index (κ1) is 18.1. The molecule has 2 aliphatic heterocycles. The summed E-state index contributed by atoms with van der Waals surface area (Å²) < 4.78 is 0. The molecule has 0 radical (unpaired) electrons. The van der Waals surface area contributed by atoms with E-state index in [-0.39, 0.29) is 12.5 Å². The highest BCUT2D eigenvalue weighted by atomic mass is 35.5. The maximum Gasteiger partial charge on any atom is 0.147 e. The Labute approximate surface area is 163 Å². The largest absolute Gasteiger partial charge is 0.396 e. The lowest BCUT2D eigenvalue weighted by Crippen LogP contribution is -2.55. The topological polar surface area (TPSA) is 100 Å². The van der Waals surface area contributed by atoms with Crippen molar-refractivity contribution in [2.75, 3.05) is 37.7 Å². The summed E-state index contributed by atoms with van der Waals surface area (Å²) in [6.45, 7) is 3.07. The van der Waals surface area contributed by atoms with Gasteiger partial charge in [0.2, 0.25) is 0 Å². The molecule has 2 saturated heterocycles. The summed E-state index contributed by atoms with van der Waals surface area (Å²) in [7, 11) is 0. The number of benzene rings is 1. The molecule has 0 spiro atoms. The molecule has 0 bridgehead atoms. The highest BCUT2D eigenvalue weighted by Gasteiger charge is 2.35. The van der Waals surface area contributed by atoms with Gasteiger partial charge in [0, 0.05) is 43.7 Å². The van der Waals surface area contributed by atoms with Crippen molar-refractivity contribution in [2.45, 2.75) is 12.8 Å². The molecule has 2 fully saturated rings. The number of piperidine rings is 1. The number of aromatic nitrogens is 2. The predicted octanol–water partition coefficient (Wildman–Crippen LogP) is 2.42. The molecule has 0 amide bonds. The van der Waals surface area contributed by atoms with Gasteiger partial charge in [-0.25, -0.2) is 4.98 Å². The number of halogens is 1. The van der Waals surface area contributed by atoms with Crippen LogP contribution in [0.4, 0.5) is 5.82 Å². The lowest BCUT2D eigenvalue weighted by atomic mass is 9.91. The number of aliphatic hydroxyl groups is 1. The second kappa shape index (κ2) is 7.40. The smallest absolute Gasteiger partial charge is 0.147 e. The van der Waals surface area contributed by atoms with E-state index in [0.717, 1.165) is 42.8 Å². The molecule has 2 aliphatic rings. The van der Waals surface area contributed by atoms with E-state index in [4.69, 9.17) is 22.4 Å². The molecular weight excluding hydrogens is 364 g/mol. The number of hydrogen-bond acceptors (Lipinski definition) is 6. The van der Waals surface area contributed by atoms with Crippen LogP contribution in [-0.4, -0.2) is 64.3 Å². The number of rotatable bonds is 4. The van der Waals surface area contributed by atoms with Gasteiger partial charge in [0.05, 0.1) is 22.9 Å². The number of fused-ring (bicyclic) bond motifs is 1. The van der Waals surface area contributed by atoms with Crippen molar-refractivity contribution in [3.8, 4) is 0 Å². The van der Waals surface area contributed by atoms with Crippen LogP contribution in [0.25, 0.3) is 11.0 Å². The third kappa shape index (κ3) is 3.61. The first-order chi connectivity index (χ1) is 13.0. The average Bonchev–Trinajstić information content (AvgIpc) is 2.66. The van der Waals surface area contributed by atoms with Crippen LogP contribution >= 0.6 is 11.6 Å². The van der Waals surface area contributed by atoms with Crippen LogP contribution in [0.5, 0.6) is 0 Å². The molecule has 2 aromatic rings. The van der Waals surface area contributed by atoms with Crippen molar-refractivity contribution in [1.29, 1.82) is 10.8 Å². The predicted molar refractivity (Wildman–Crippen MR) is 107 cm³/mol. The molecule has 1 aromatic carbocycles. The number of likely N-dealkylation sites (tertiary alicyclic amines) is 1. The molecule has 1 aromatic heterocycles. The Morgan fingerprint density at radius 3 is 2.63 bits per heavy atom. The Bertz CT molecular complexity index is 874. The van der Waals surface area contributed by atoms with Gasteiger partial charge in [0.25, 0.3) is 0 Å². The summed E-state index contributed by atoms with van der Waals surface area (Å²) >= 11 is 6.04. The minimum absolute atomic E-state index is 0.0462. The van der Waals surface area contributed by atoms with Crippen molar-refractivity contribution in [3.63, 3.8) is 0 Å². The van der Waals surface area contributed by atoms with Gasteiger partial charge in [0.15, 0.2) is 0 Å². The monoisotopic (exact) mass is 386 g/mol. The third-order valence-corrected chi connectivity index (χ3v) is 5.78. The van der Waals surface area contributed by atoms with E-state index < -0.39 is 0 Å². The third-order valence-electron chi connectivity index (χ3n) is 5.55. The van der Waals surface area contributed by atoms with Crippen LogP contribution in [0, 0.1) is 22.7 Å². The van der Waals surface area contributed by atoms with Crippen LogP contribution in [0.15, 0.2) is 24.4 Å². The molecule has 27 heavy (non-hydrogen) atoms. The van der Waals surface area contributed by atoms with Gasteiger partial charge < -0.3 is 20.3 Å². The van der Waals surface area contributed by atoms with E-state index in [1.54, 1.807) is 18.3 Å². The minimum Gasteiger partial charge on any atom is -0.396 e. The number of hydrogen-bond donors (Lipinski definition) is 3. The molecule has 4 rings (SSSR count). The van der Waals surface area contributed by atoms with E-state index in [9.17, 15) is 5.11 Å². The molecule has 7 nitrogen and oxygen atoms in total. The maximum absolute atomic E-state index is 9.24. The van der Waals surface area contributed by atoms with Crippen LogP contribution in [0.2, 0.25) is 5.02 Å². The first-order valence-electron chi connectivity index (χ1n) is 9.25. The molecule has 142 valence electrons. The van der Waals surface area contributed by atoms with Gasteiger partial charge in [-0.05, 0) is 37.0 Å². The fourth-order valence-corrected chi connectivity index (χ4v) is 3.84. The van der Waals surface area contributed by atoms with E-state index in [1.165, 1.54) is 0 Å². The van der Waals surface area contributed by atoms with Gasteiger partial charge >= 0.3 is 0 Å². The standard InChI is InChI=1S/C19H23ClN6O/c20-14-1-2-15-16(7-14)24-17(8-23-15)26-9-13(10-26)18(21)19(22)25-5-3-12(11-27)4-6-25/h1-2,7-8,12-13,21-22,27H,3-6,9-11H2. The van der Waals surface area contributed by atoms with E-state index >= 15 is 0 Å². The Morgan fingerprint density at radius 2 is 1.93 bits per heavy atom. The van der Waals surface area contributed by atoms with Crippen molar-refractivity contribution in [1.82, 2.24) is 14.9 Å². The van der Waals surface area contributed by atoms with Gasteiger partial charge in [-0.3, -0.25) is 10.4 Å². The highest BCUT2D eigenvalue weighted by Crippen LogP contribution is 2.26. The van der Waals surface area contributed by atoms with Crippen molar-refractivity contribution in [3.05, 3.63) is 29.4 Å². The number of aliphatic hydroxyl groups excluding tert-OH is 1. The lowest BCUT2D eigenvalue weighted by molar-refractivity contribution is 0.166. The fraction of sp³-hybridized carbons (Fsp3) is 0.474. The van der Waals surface area contributed by atoms with Crippen molar-refractivity contribution in [2.24, 2.45) is 11.8 Å².